The van der Waals surface area contributed by atoms with E-state index in [2.05, 4.69) is 25.6 Å². The summed E-state index contributed by atoms with van der Waals surface area (Å²) in [5.74, 6) is 1.30. The lowest BCUT2D eigenvalue weighted by molar-refractivity contribution is 0.248. The van der Waals surface area contributed by atoms with Crippen LogP contribution in [0.3, 0.4) is 0 Å². The number of rotatable bonds is 7. The number of benzene rings is 1. The zero-order chi connectivity index (χ0) is 21.0. The Bertz CT molecular complexity index is 955. The van der Waals surface area contributed by atoms with Gasteiger partial charge in [0, 0.05) is 23.0 Å². The number of hydrogen-bond donors (Lipinski definition) is 3. The van der Waals surface area contributed by atoms with Gasteiger partial charge in [-0.25, -0.2) is 4.98 Å². The van der Waals surface area contributed by atoms with Crippen LogP contribution in [0.2, 0.25) is 5.02 Å². The van der Waals surface area contributed by atoms with Crippen molar-refractivity contribution in [2.75, 3.05) is 17.2 Å². The predicted molar refractivity (Wildman–Crippen MR) is 119 cm³/mol. The predicted octanol–water partition coefficient (Wildman–Crippen LogP) is 4.98. The van der Waals surface area contributed by atoms with E-state index in [1.165, 1.54) is 0 Å². The first kappa shape index (κ1) is 21.0. The van der Waals surface area contributed by atoms with Gasteiger partial charge in [-0.05, 0) is 55.2 Å². The second kappa shape index (κ2) is 9.20. The van der Waals surface area contributed by atoms with Gasteiger partial charge in [0.05, 0.1) is 24.0 Å². The third-order valence-electron chi connectivity index (χ3n) is 4.72. The van der Waals surface area contributed by atoms with Crippen LogP contribution >= 0.6 is 11.6 Å². The van der Waals surface area contributed by atoms with Gasteiger partial charge in [0.15, 0.2) is 0 Å². The molecule has 1 atom stereocenters. The van der Waals surface area contributed by atoms with Crippen molar-refractivity contribution in [2.45, 2.75) is 33.7 Å². The SMILES string of the molecule is Cc1cc(Cl)cc(C)c1Nc1cc(-c2ccccn2)nc(N[C@@H](CO)C(C)C)n1. The third kappa shape index (κ3) is 5.22. The molecule has 0 unspecified atom stereocenters. The Morgan fingerprint density at radius 3 is 2.34 bits per heavy atom. The molecule has 3 rings (SSSR count). The Labute approximate surface area is 176 Å². The summed E-state index contributed by atoms with van der Waals surface area (Å²) < 4.78 is 0. The van der Waals surface area contributed by atoms with Crippen molar-refractivity contribution < 1.29 is 5.11 Å². The molecule has 3 N–H and O–H groups in total. The van der Waals surface area contributed by atoms with Gasteiger partial charge >= 0.3 is 0 Å². The van der Waals surface area contributed by atoms with E-state index in [4.69, 9.17) is 11.6 Å². The molecule has 2 aromatic heterocycles. The highest BCUT2D eigenvalue weighted by molar-refractivity contribution is 6.30. The number of nitrogens with zero attached hydrogens (tertiary/aromatic N) is 3. The van der Waals surface area contributed by atoms with E-state index >= 15 is 0 Å². The molecule has 0 aliphatic carbocycles. The maximum atomic E-state index is 9.69. The van der Waals surface area contributed by atoms with Gasteiger partial charge < -0.3 is 15.7 Å². The minimum Gasteiger partial charge on any atom is -0.394 e. The highest BCUT2D eigenvalue weighted by Crippen LogP contribution is 2.29. The fraction of sp³-hybridized carbons (Fsp3) is 0.318. The van der Waals surface area contributed by atoms with Crippen molar-refractivity contribution in [1.29, 1.82) is 0 Å². The lowest BCUT2D eigenvalue weighted by atomic mass is 10.1. The summed E-state index contributed by atoms with van der Waals surface area (Å²) in [7, 11) is 0. The summed E-state index contributed by atoms with van der Waals surface area (Å²) in [6, 6.07) is 11.2. The van der Waals surface area contributed by atoms with Gasteiger partial charge in [0.25, 0.3) is 0 Å². The first-order valence-electron chi connectivity index (χ1n) is 9.59. The molecule has 7 heteroatoms. The number of halogens is 1. The fourth-order valence-corrected chi connectivity index (χ4v) is 3.37. The molecule has 0 spiro atoms. The van der Waals surface area contributed by atoms with E-state index in [-0.39, 0.29) is 18.6 Å². The quantitative estimate of drug-likeness (QED) is 0.508. The Morgan fingerprint density at radius 2 is 1.76 bits per heavy atom. The average Bonchev–Trinajstić information content (AvgIpc) is 2.69. The standard InChI is InChI=1S/C22H26ClN5O/c1-13(2)19(12-29)26-22-25-18(17-7-5-6-8-24-17)11-20(28-22)27-21-14(3)9-16(23)10-15(21)4/h5-11,13,19,29H,12H2,1-4H3,(H2,25,26,27,28)/t19-/m0/s1. The van der Waals surface area contributed by atoms with Crippen LogP contribution in [0, 0.1) is 19.8 Å². The van der Waals surface area contributed by atoms with Crippen LogP contribution in [0.25, 0.3) is 11.4 Å². The van der Waals surface area contributed by atoms with E-state index in [9.17, 15) is 5.11 Å². The Hall–Kier alpha value is -2.70. The second-order valence-corrected chi connectivity index (χ2v) is 7.83. The molecule has 0 radical (unpaired) electrons. The molecule has 1 aromatic carbocycles. The maximum Gasteiger partial charge on any atom is 0.225 e. The summed E-state index contributed by atoms with van der Waals surface area (Å²) in [4.78, 5) is 13.6. The molecule has 0 saturated heterocycles. The zero-order valence-electron chi connectivity index (χ0n) is 17.1. The fourth-order valence-electron chi connectivity index (χ4n) is 3.05. The van der Waals surface area contributed by atoms with Crippen molar-refractivity contribution in [3.8, 4) is 11.4 Å². The zero-order valence-corrected chi connectivity index (χ0v) is 17.8. The molecule has 0 aliphatic heterocycles. The van der Waals surface area contributed by atoms with Gasteiger partial charge in [0.1, 0.15) is 5.82 Å². The summed E-state index contributed by atoms with van der Waals surface area (Å²) in [6.07, 6.45) is 1.73. The number of aryl methyl sites for hydroxylation is 2. The van der Waals surface area contributed by atoms with E-state index < -0.39 is 0 Å². The van der Waals surface area contributed by atoms with Crippen LogP contribution in [0.4, 0.5) is 17.5 Å². The molecular weight excluding hydrogens is 386 g/mol. The molecule has 0 amide bonds. The normalized spacial score (nSPS) is 12.1. The number of pyridine rings is 1. The summed E-state index contributed by atoms with van der Waals surface area (Å²) in [5.41, 5.74) is 4.44. The summed E-state index contributed by atoms with van der Waals surface area (Å²) >= 11 is 6.16. The minimum absolute atomic E-state index is 0.00694. The Balaban J connectivity index is 2.03. The lowest BCUT2D eigenvalue weighted by Gasteiger charge is -2.21. The number of aromatic nitrogens is 3. The Morgan fingerprint density at radius 1 is 1.03 bits per heavy atom. The number of hydrogen-bond acceptors (Lipinski definition) is 6. The van der Waals surface area contributed by atoms with Crippen molar-refractivity contribution in [3.05, 3.63) is 58.7 Å². The van der Waals surface area contributed by atoms with Gasteiger partial charge in [-0.15, -0.1) is 0 Å². The van der Waals surface area contributed by atoms with Crippen molar-refractivity contribution in [3.63, 3.8) is 0 Å². The first-order chi connectivity index (χ1) is 13.9. The van der Waals surface area contributed by atoms with E-state index in [0.29, 0.717) is 22.5 Å². The maximum absolute atomic E-state index is 9.69. The number of nitrogens with one attached hydrogen (secondary N) is 2. The van der Waals surface area contributed by atoms with Crippen molar-refractivity contribution in [2.24, 2.45) is 5.92 Å². The largest absolute Gasteiger partial charge is 0.394 e. The average molecular weight is 412 g/mol. The molecule has 6 nitrogen and oxygen atoms in total. The van der Waals surface area contributed by atoms with Gasteiger partial charge in [-0.2, -0.15) is 4.98 Å². The monoisotopic (exact) mass is 411 g/mol. The molecule has 2 heterocycles. The number of anilines is 3. The molecular formula is C22H26ClN5O. The van der Waals surface area contributed by atoms with Crippen LogP contribution in [0.5, 0.6) is 0 Å². The van der Waals surface area contributed by atoms with Crippen LogP contribution in [-0.4, -0.2) is 32.7 Å². The molecule has 0 saturated carbocycles. The van der Waals surface area contributed by atoms with Gasteiger partial charge in [0.2, 0.25) is 5.95 Å². The number of aliphatic hydroxyl groups is 1. The molecule has 152 valence electrons. The van der Waals surface area contributed by atoms with Gasteiger partial charge in [-0.1, -0.05) is 31.5 Å². The molecule has 0 fully saturated rings. The molecule has 0 bridgehead atoms. The highest BCUT2D eigenvalue weighted by atomic mass is 35.5. The molecule has 29 heavy (non-hydrogen) atoms. The molecule has 0 aliphatic rings. The molecule has 3 aromatic rings. The first-order valence-corrected chi connectivity index (χ1v) is 9.97. The van der Waals surface area contributed by atoms with E-state index in [1.807, 2.05) is 64.1 Å². The topological polar surface area (TPSA) is 83.0 Å². The number of aliphatic hydroxyl groups excluding tert-OH is 1. The van der Waals surface area contributed by atoms with E-state index in [0.717, 1.165) is 22.5 Å². The van der Waals surface area contributed by atoms with Crippen LogP contribution in [0.1, 0.15) is 25.0 Å². The summed E-state index contributed by atoms with van der Waals surface area (Å²) in [6.45, 7) is 8.07. The van der Waals surface area contributed by atoms with Crippen molar-refractivity contribution >= 4 is 29.1 Å². The van der Waals surface area contributed by atoms with Crippen molar-refractivity contribution in [1.82, 2.24) is 15.0 Å². The highest BCUT2D eigenvalue weighted by Gasteiger charge is 2.16. The van der Waals surface area contributed by atoms with Gasteiger partial charge in [-0.3, -0.25) is 4.98 Å². The third-order valence-corrected chi connectivity index (χ3v) is 4.94. The van der Waals surface area contributed by atoms with Crippen LogP contribution in [-0.2, 0) is 0 Å². The smallest absolute Gasteiger partial charge is 0.225 e. The summed E-state index contributed by atoms with van der Waals surface area (Å²) in [5, 5.41) is 17.0. The van der Waals surface area contributed by atoms with Crippen LogP contribution in [0.15, 0.2) is 42.6 Å². The van der Waals surface area contributed by atoms with Crippen LogP contribution < -0.4 is 10.6 Å². The van der Waals surface area contributed by atoms with E-state index in [1.54, 1.807) is 6.20 Å². The minimum atomic E-state index is -0.152. The Kier molecular flexibility index (Phi) is 6.67. The second-order valence-electron chi connectivity index (χ2n) is 7.39. The lowest BCUT2D eigenvalue weighted by Crippen LogP contribution is -2.30.